The highest BCUT2D eigenvalue weighted by Crippen LogP contribution is 2.38. The molecule has 3 aromatic heterocycles. The average molecular weight is 572 g/mol. The first-order valence-corrected chi connectivity index (χ1v) is 14.0. The van der Waals surface area contributed by atoms with Crippen molar-refractivity contribution in [3.63, 3.8) is 0 Å². The summed E-state index contributed by atoms with van der Waals surface area (Å²) >= 11 is 0. The molecule has 0 aliphatic heterocycles. The second-order valence-corrected chi connectivity index (χ2v) is 10.4. The van der Waals surface area contributed by atoms with Gasteiger partial charge in [0.25, 0.3) is 0 Å². The van der Waals surface area contributed by atoms with Gasteiger partial charge >= 0.3 is 0 Å². The lowest BCUT2D eigenvalue weighted by Gasteiger charge is -2.08. The van der Waals surface area contributed by atoms with Gasteiger partial charge < -0.3 is 8.83 Å². The van der Waals surface area contributed by atoms with Crippen LogP contribution in [0.1, 0.15) is 8.22 Å². The Morgan fingerprint density at radius 3 is 1.93 bits per heavy atom. The number of aromatic nitrogens is 3. The largest absolute Gasteiger partial charge is 0.456 e. The highest BCUT2D eigenvalue weighted by atomic mass is 16.3. The third kappa shape index (κ3) is 3.98. The number of rotatable bonds is 4. The molecule has 0 saturated carbocycles. The molecule has 6 aromatic carbocycles. The number of para-hydroxylation sites is 1. The van der Waals surface area contributed by atoms with Gasteiger partial charge in [-0.05, 0) is 53.5 Å². The fraction of sp³-hybridized carbons (Fsp3) is 0. The monoisotopic (exact) mass is 571 g/mol. The highest BCUT2D eigenvalue weighted by Gasteiger charge is 2.17. The van der Waals surface area contributed by atoms with Gasteiger partial charge in [-0.15, -0.1) is 0 Å². The second kappa shape index (κ2) is 9.75. The van der Waals surface area contributed by atoms with Gasteiger partial charge in [0.1, 0.15) is 22.3 Å². The van der Waals surface area contributed by atoms with Gasteiger partial charge in [0.15, 0.2) is 17.5 Å². The quantitative estimate of drug-likeness (QED) is 0.210. The number of furan rings is 2. The van der Waals surface area contributed by atoms with Crippen LogP contribution in [-0.2, 0) is 0 Å². The van der Waals surface area contributed by atoms with Crippen LogP contribution in [0.3, 0.4) is 0 Å². The van der Waals surface area contributed by atoms with E-state index in [-0.39, 0.29) is 69.6 Å². The van der Waals surface area contributed by atoms with E-state index < -0.39 is 0 Å². The molecule has 0 unspecified atom stereocenters. The number of fused-ring (bicyclic) bond motifs is 6. The minimum atomic E-state index is -0.336. The Kier molecular flexibility index (Phi) is 4.25. The predicted molar refractivity (Wildman–Crippen MR) is 176 cm³/mol. The maximum Gasteiger partial charge on any atom is 0.164 e. The summed E-state index contributed by atoms with van der Waals surface area (Å²) in [7, 11) is 0. The lowest BCUT2D eigenvalue weighted by atomic mass is 9.99. The number of nitrogens with zero attached hydrogens (tertiary/aromatic N) is 3. The molecule has 0 fully saturated rings. The summed E-state index contributed by atoms with van der Waals surface area (Å²) in [6.45, 7) is 0. The third-order valence-electron chi connectivity index (χ3n) is 7.66. The summed E-state index contributed by atoms with van der Waals surface area (Å²) in [5.74, 6) is 0.623. The molecule has 9 aromatic rings. The molecule has 0 aliphatic rings. The van der Waals surface area contributed by atoms with Crippen LogP contribution in [0.15, 0.2) is 148 Å². The first-order valence-electron chi connectivity index (χ1n) is 17.0. The molecule has 0 saturated heterocycles. The van der Waals surface area contributed by atoms with Crippen molar-refractivity contribution in [2.24, 2.45) is 0 Å². The molecule has 0 bridgehead atoms. The first-order chi connectivity index (χ1) is 24.3. The van der Waals surface area contributed by atoms with E-state index >= 15 is 0 Å². The molecule has 0 radical (unpaired) electrons. The Labute approximate surface area is 260 Å². The summed E-state index contributed by atoms with van der Waals surface area (Å²) in [5.41, 5.74) is 3.59. The van der Waals surface area contributed by atoms with Crippen molar-refractivity contribution in [3.05, 3.63) is 139 Å². The summed E-state index contributed by atoms with van der Waals surface area (Å²) in [4.78, 5) is 14.3. The molecule has 3 heterocycles. The van der Waals surface area contributed by atoms with Crippen molar-refractivity contribution in [1.29, 1.82) is 0 Å². The third-order valence-corrected chi connectivity index (χ3v) is 7.66. The molecule has 0 amide bonds. The maximum atomic E-state index is 9.36. The molecule has 206 valence electrons. The van der Waals surface area contributed by atoms with Crippen LogP contribution < -0.4 is 0 Å². The van der Waals surface area contributed by atoms with E-state index in [2.05, 4.69) is 0 Å². The van der Waals surface area contributed by atoms with Crippen molar-refractivity contribution >= 4 is 43.9 Å². The summed E-state index contributed by atoms with van der Waals surface area (Å²) in [5, 5.41) is 2.18. The lowest BCUT2D eigenvalue weighted by molar-refractivity contribution is 0.668. The zero-order chi connectivity index (χ0) is 34.3. The summed E-state index contributed by atoms with van der Waals surface area (Å²) < 4.78 is 66.0. The van der Waals surface area contributed by atoms with Crippen molar-refractivity contribution in [2.45, 2.75) is 0 Å². The molecule has 9 rings (SSSR count). The van der Waals surface area contributed by atoms with Gasteiger partial charge in [0.2, 0.25) is 0 Å². The van der Waals surface area contributed by atoms with Crippen LogP contribution in [0.4, 0.5) is 0 Å². The van der Waals surface area contributed by atoms with Gasteiger partial charge in [-0.25, -0.2) is 15.0 Å². The topological polar surface area (TPSA) is 65.0 Å². The van der Waals surface area contributed by atoms with Crippen LogP contribution >= 0.6 is 0 Å². The fourth-order valence-electron chi connectivity index (χ4n) is 5.58. The predicted octanol–water partition coefficient (Wildman–Crippen LogP) is 10.3. The average Bonchev–Trinajstić information content (AvgIpc) is 3.73. The Bertz CT molecular complexity index is 2840. The number of hydrogen-bond donors (Lipinski definition) is 0. The van der Waals surface area contributed by atoms with E-state index in [9.17, 15) is 4.11 Å². The van der Waals surface area contributed by atoms with E-state index in [4.69, 9.17) is 27.9 Å². The fourth-order valence-corrected chi connectivity index (χ4v) is 5.58. The summed E-state index contributed by atoms with van der Waals surface area (Å²) in [6.07, 6.45) is 0. The second-order valence-electron chi connectivity index (χ2n) is 10.4. The highest BCUT2D eigenvalue weighted by molar-refractivity contribution is 6.13. The Morgan fingerprint density at radius 1 is 0.455 bits per heavy atom. The minimum Gasteiger partial charge on any atom is -0.456 e. The van der Waals surface area contributed by atoms with Crippen LogP contribution in [0.25, 0.3) is 89.2 Å². The normalized spacial score (nSPS) is 13.5. The van der Waals surface area contributed by atoms with Gasteiger partial charge in [-0.2, -0.15) is 0 Å². The molecule has 5 nitrogen and oxygen atoms in total. The van der Waals surface area contributed by atoms with E-state index in [0.717, 1.165) is 16.4 Å². The zero-order valence-corrected chi connectivity index (χ0v) is 23.0. The Morgan fingerprint density at radius 2 is 1.11 bits per heavy atom. The van der Waals surface area contributed by atoms with Crippen LogP contribution in [0.5, 0.6) is 0 Å². The maximum absolute atomic E-state index is 9.36. The molecule has 44 heavy (non-hydrogen) atoms. The van der Waals surface area contributed by atoms with Crippen LogP contribution in [0, 0.1) is 0 Å². The van der Waals surface area contributed by atoms with Gasteiger partial charge in [-0.1, -0.05) is 97.0 Å². The van der Waals surface area contributed by atoms with Gasteiger partial charge in [-0.3, -0.25) is 0 Å². The zero-order valence-electron chi connectivity index (χ0n) is 29.0. The number of hydrogen-bond acceptors (Lipinski definition) is 5. The smallest absolute Gasteiger partial charge is 0.164 e. The van der Waals surface area contributed by atoms with Gasteiger partial charge in [0.05, 0.1) is 8.22 Å². The molecular weight excluding hydrogens is 542 g/mol. The molecule has 0 atom stereocenters. The molecule has 5 heteroatoms. The molecular formula is C39H23N3O2. The lowest BCUT2D eigenvalue weighted by Crippen LogP contribution is -2.00. The van der Waals surface area contributed by atoms with Crippen molar-refractivity contribution in [1.82, 2.24) is 15.0 Å². The van der Waals surface area contributed by atoms with Crippen LogP contribution in [-0.4, -0.2) is 15.0 Å². The minimum absolute atomic E-state index is 0.00796. The Hall–Kier alpha value is -6.07. The van der Waals surface area contributed by atoms with Crippen molar-refractivity contribution in [3.8, 4) is 45.3 Å². The molecule has 0 aliphatic carbocycles. The van der Waals surface area contributed by atoms with E-state index in [0.29, 0.717) is 39.5 Å². The Balaban J connectivity index is 1.33. The van der Waals surface area contributed by atoms with Crippen LogP contribution in [0.2, 0.25) is 0 Å². The van der Waals surface area contributed by atoms with Gasteiger partial charge in [0, 0.05) is 38.2 Å². The summed E-state index contributed by atoms with van der Waals surface area (Å²) in [6, 6.07) is 30.0. The van der Waals surface area contributed by atoms with E-state index in [1.54, 1.807) is 24.3 Å². The van der Waals surface area contributed by atoms with E-state index in [1.165, 1.54) is 0 Å². The first kappa shape index (κ1) is 19.2. The molecule has 0 N–H and O–H groups in total. The molecule has 0 spiro atoms. The van der Waals surface area contributed by atoms with Crippen molar-refractivity contribution in [2.75, 3.05) is 0 Å². The SMILES string of the molecule is [2H]c1c([2H])c(-c2ccccc2)c2c(oc3c([2H])c(-c4nc(-c5ccccc5)nc(-c5ccc6oc7ccccc7c6c5)n4)c([2H])c([2H])c32)c1[2H]. The number of benzene rings is 6. The van der Waals surface area contributed by atoms with Crippen molar-refractivity contribution < 1.29 is 17.1 Å². The van der Waals surface area contributed by atoms with E-state index in [1.807, 2.05) is 78.9 Å². The standard InChI is InChI=1S/C39H23N3O2/c1-3-10-24(11-4-1)28-15-9-17-34-36(28)30-20-18-27(23-35(30)44-34)39-41-37(25-12-5-2-6-13-25)40-38(42-39)26-19-21-33-31(22-26)29-14-7-8-16-32(29)43-33/h1-23H/i9D,15D,17D,18D,20D,23D.